The highest BCUT2D eigenvalue weighted by Gasteiger charge is 2.09. The number of anilines is 1. The number of hydrazone groups is 1. The second kappa shape index (κ2) is 3.45. The molecule has 2 N–H and O–H groups in total. The van der Waals surface area contributed by atoms with Crippen LogP contribution in [0.2, 0.25) is 0 Å². The smallest absolute Gasteiger partial charge is 0.133 e. The van der Waals surface area contributed by atoms with Crippen molar-refractivity contribution in [3.8, 4) is 0 Å². The molecule has 0 aromatic heterocycles. The summed E-state index contributed by atoms with van der Waals surface area (Å²) in [6, 6.07) is 8.24. The summed E-state index contributed by atoms with van der Waals surface area (Å²) in [6.07, 6.45) is 2.73. The first-order valence-corrected chi connectivity index (χ1v) is 4.33. The van der Waals surface area contributed by atoms with E-state index in [0.29, 0.717) is 0 Å². The van der Waals surface area contributed by atoms with Crippen LogP contribution in [-0.2, 0) is 6.42 Å². The summed E-state index contributed by atoms with van der Waals surface area (Å²) >= 11 is 0. The molecule has 4 heteroatoms. The molecule has 1 aromatic rings. The van der Waals surface area contributed by atoms with E-state index in [-0.39, 0.29) is 0 Å². The first kappa shape index (κ1) is 8.07. The van der Waals surface area contributed by atoms with Crippen LogP contribution in [0.15, 0.2) is 29.4 Å². The molecular weight excluding hydrogens is 164 g/mol. The molecule has 1 aliphatic rings. The summed E-state index contributed by atoms with van der Waals surface area (Å²) in [7, 11) is 0. The highest BCUT2D eigenvalue weighted by atomic mass is 15.8. The number of nitrogens with one attached hydrogen (secondary N) is 2. The van der Waals surface area contributed by atoms with E-state index in [9.17, 15) is 0 Å². The summed E-state index contributed by atoms with van der Waals surface area (Å²) in [5.41, 5.74) is 8.01. The quantitative estimate of drug-likeness (QED) is 0.706. The summed E-state index contributed by atoms with van der Waals surface area (Å²) < 4.78 is 0. The van der Waals surface area contributed by atoms with Gasteiger partial charge in [0, 0.05) is 0 Å². The Kier molecular flexibility index (Phi) is 2.14. The van der Waals surface area contributed by atoms with E-state index in [1.54, 1.807) is 6.34 Å². The number of aryl methyl sites for hydroxylation is 1. The predicted molar refractivity (Wildman–Crippen MR) is 53.1 cm³/mol. The molecule has 0 fully saturated rings. The summed E-state index contributed by atoms with van der Waals surface area (Å²) in [4.78, 5) is 0. The van der Waals surface area contributed by atoms with Crippen molar-refractivity contribution in [2.24, 2.45) is 5.10 Å². The number of hydrogen-bond donors (Lipinski definition) is 2. The lowest BCUT2D eigenvalue weighted by Gasteiger charge is -2.16. The van der Waals surface area contributed by atoms with Crippen molar-refractivity contribution in [1.82, 2.24) is 11.1 Å². The van der Waals surface area contributed by atoms with E-state index >= 15 is 0 Å². The summed E-state index contributed by atoms with van der Waals surface area (Å²) in [6.45, 7) is 2.14. The standard InChI is InChI=1S/C9H12N4/c1-2-8-5-3-4-6-9(8)13-7-10-11-12-13/h3-7,11-12H,2H2,1H3. The van der Waals surface area contributed by atoms with Gasteiger partial charge in [-0.25, -0.2) is 10.5 Å². The Balaban J connectivity index is 2.32. The Bertz CT molecular complexity index is 321. The maximum atomic E-state index is 3.86. The van der Waals surface area contributed by atoms with Crippen LogP contribution in [-0.4, -0.2) is 6.34 Å². The van der Waals surface area contributed by atoms with E-state index in [4.69, 9.17) is 0 Å². The number of hydrogen-bond acceptors (Lipinski definition) is 4. The van der Waals surface area contributed by atoms with E-state index in [0.717, 1.165) is 12.1 Å². The van der Waals surface area contributed by atoms with Gasteiger partial charge in [0.1, 0.15) is 6.34 Å². The monoisotopic (exact) mass is 176 g/mol. The molecule has 0 radical (unpaired) electrons. The van der Waals surface area contributed by atoms with Gasteiger partial charge in [-0.2, -0.15) is 5.10 Å². The Morgan fingerprint density at radius 1 is 1.38 bits per heavy atom. The van der Waals surface area contributed by atoms with Gasteiger partial charge in [0.15, 0.2) is 0 Å². The minimum Gasteiger partial charge on any atom is -0.245 e. The fraction of sp³-hybridized carbons (Fsp3) is 0.222. The predicted octanol–water partition coefficient (Wildman–Crippen LogP) is 1.02. The summed E-state index contributed by atoms with van der Waals surface area (Å²) in [5, 5.41) is 5.72. The number of hydrazine groups is 2. The number of nitrogens with zero attached hydrogens (tertiary/aromatic N) is 2. The van der Waals surface area contributed by atoms with Gasteiger partial charge in [0.2, 0.25) is 0 Å². The van der Waals surface area contributed by atoms with Crippen molar-refractivity contribution in [1.29, 1.82) is 0 Å². The average molecular weight is 176 g/mol. The number of para-hydroxylation sites is 1. The van der Waals surface area contributed by atoms with Gasteiger partial charge in [-0.3, -0.25) is 0 Å². The molecule has 0 aliphatic carbocycles. The first-order chi connectivity index (χ1) is 6.42. The zero-order valence-corrected chi connectivity index (χ0v) is 7.49. The average Bonchev–Trinajstić information content (AvgIpc) is 2.70. The zero-order chi connectivity index (χ0) is 9.10. The SMILES string of the molecule is CCc1ccccc1N1C=NNN1. The maximum Gasteiger partial charge on any atom is 0.133 e. The molecule has 0 spiro atoms. The molecule has 4 nitrogen and oxygen atoms in total. The maximum absolute atomic E-state index is 3.86. The molecule has 2 rings (SSSR count). The van der Waals surface area contributed by atoms with Crippen LogP contribution in [0.1, 0.15) is 12.5 Å². The van der Waals surface area contributed by atoms with Crippen molar-refractivity contribution in [2.75, 3.05) is 5.01 Å². The largest absolute Gasteiger partial charge is 0.245 e. The van der Waals surface area contributed by atoms with Crippen LogP contribution in [0.4, 0.5) is 5.69 Å². The second-order valence-electron chi connectivity index (χ2n) is 2.82. The lowest BCUT2D eigenvalue weighted by Crippen LogP contribution is -2.37. The number of rotatable bonds is 2. The normalized spacial score (nSPS) is 14.7. The van der Waals surface area contributed by atoms with Crippen LogP contribution in [0.25, 0.3) is 0 Å². The van der Waals surface area contributed by atoms with Crippen molar-refractivity contribution in [2.45, 2.75) is 13.3 Å². The Labute approximate surface area is 77.2 Å². The van der Waals surface area contributed by atoms with Crippen LogP contribution < -0.4 is 16.1 Å². The van der Waals surface area contributed by atoms with Crippen LogP contribution >= 0.6 is 0 Å². The van der Waals surface area contributed by atoms with Crippen molar-refractivity contribution in [3.05, 3.63) is 29.8 Å². The van der Waals surface area contributed by atoms with E-state index in [1.165, 1.54) is 5.56 Å². The number of benzene rings is 1. The fourth-order valence-electron chi connectivity index (χ4n) is 1.37. The van der Waals surface area contributed by atoms with Gasteiger partial charge in [-0.1, -0.05) is 25.1 Å². The Morgan fingerprint density at radius 2 is 2.23 bits per heavy atom. The lowest BCUT2D eigenvalue weighted by atomic mass is 10.1. The molecule has 0 atom stereocenters. The highest BCUT2D eigenvalue weighted by Crippen LogP contribution is 2.18. The van der Waals surface area contributed by atoms with E-state index in [2.05, 4.69) is 35.2 Å². The first-order valence-electron chi connectivity index (χ1n) is 4.33. The molecule has 1 aromatic carbocycles. The summed E-state index contributed by atoms with van der Waals surface area (Å²) in [5.74, 6) is 0. The second-order valence-corrected chi connectivity index (χ2v) is 2.82. The van der Waals surface area contributed by atoms with Gasteiger partial charge in [0.05, 0.1) is 5.69 Å². The minimum absolute atomic E-state index is 1.02. The molecule has 0 amide bonds. The fourth-order valence-corrected chi connectivity index (χ4v) is 1.37. The molecule has 0 unspecified atom stereocenters. The van der Waals surface area contributed by atoms with Crippen LogP contribution in [0.5, 0.6) is 0 Å². The molecule has 1 aliphatic heterocycles. The van der Waals surface area contributed by atoms with Crippen LogP contribution in [0, 0.1) is 0 Å². The van der Waals surface area contributed by atoms with Gasteiger partial charge in [-0.05, 0) is 18.1 Å². The molecule has 1 heterocycles. The Morgan fingerprint density at radius 3 is 2.92 bits per heavy atom. The van der Waals surface area contributed by atoms with Crippen molar-refractivity contribution < 1.29 is 0 Å². The van der Waals surface area contributed by atoms with Gasteiger partial charge in [0.25, 0.3) is 0 Å². The van der Waals surface area contributed by atoms with Crippen LogP contribution in [0.3, 0.4) is 0 Å². The van der Waals surface area contributed by atoms with Crippen molar-refractivity contribution >= 4 is 12.0 Å². The topological polar surface area (TPSA) is 39.7 Å². The molecule has 0 saturated heterocycles. The molecular formula is C9H12N4. The third kappa shape index (κ3) is 1.48. The zero-order valence-electron chi connectivity index (χ0n) is 7.49. The lowest BCUT2D eigenvalue weighted by molar-refractivity contribution is 0.622. The molecule has 13 heavy (non-hydrogen) atoms. The highest BCUT2D eigenvalue weighted by molar-refractivity contribution is 5.80. The molecule has 0 saturated carbocycles. The van der Waals surface area contributed by atoms with E-state index < -0.39 is 0 Å². The third-order valence-corrected chi connectivity index (χ3v) is 2.04. The Hall–Kier alpha value is -1.55. The van der Waals surface area contributed by atoms with E-state index in [1.807, 2.05) is 17.1 Å². The van der Waals surface area contributed by atoms with Gasteiger partial charge < -0.3 is 0 Å². The van der Waals surface area contributed by atoms with Gasteiger partial charge >= 0.3 is 0 Å². The minimum atomic E-state index is 1.02. The third-order valence-electron chi connectivity index (χ3n) is 2.04. The molecule has 68 valence electrons. The van der Waals surface area contributed by atoms with Crippen molar-refractivity contribution in [3.63, 3.8) is 0 Å². The molecule has 0 bridgehead atoms. The van der Waals surface area contributed by atoms with Gasteiger partial charge in [-0.15, -0.1) is 5.53 Å².